The van der Waals surface area contributed by atoms with Gasteiger partial charge in [0.15, 0.2) is 0 Å². The number of nitrogens with zero attached hydrogens (tertiary/aromatic N) is 1. The zero-order valence-corrected chi connectivity index (χ0v) is 14.9. The summed E-state index contributed by atoms with van der Waals surface area (Å²) < 4.78 is 0.911. The summed E-state index contributed by atoms with van der Waals surface area (Å²) in [4.78, 5) is 4.14. The normalized spacial score (nSPS) is 31.0. The van der Waals surface area contributed by atoms with Crippen LogP contribution in [0.4, 0.5) is 0 Å². The Morgan fingerprint density at radius 2 is 2.19 bits per heavy atom. The van der Waals surface area contributed by atoms with E-state index in [1.165, 1.54) is 24.3 Å². The van der Waals surface area contributed by atoms with Crippen LogP contribution in [-0.4, -0.2) is 36.1 Å². The summed E-state index contributed by atoms with van der Waals surface area (Å²) in [5.41, 5.74) is 0.332. The molecule has 2 nitrogen and oxygen atoms in total. The first-order chi connectivity index (χ1) is 9.98. The van der Waals surface area contributed by atoms with Crippen molar-refractivity contribution in [3.63, 3.8) is 0 Å². The van der Waals surface area contributed by atoms with Gasteiger partial charge in [0.05, 0.1) is 4.34 Å². The lowest BCUT2D eigenvalue weighted by atomic mass is 9.88. The molecule has 21 heavy (non-hydrogen) atoms. The molecular weight excluding hydrogens is 300 g/mol. The maximum absolute atomic E-state index is 6.05. The number of thiophene rings is 1. The summed E-state index contributed by atoms with van der Waals surface area (Å²) in [7, 11) is 0. The molecule has 0 radical (unpaired) electrons. The van der Waals surface area contributed by atoms with Crippen LogP contribution in [-0.2, 0) is 6.42 Å². The van der Waals surface area contributed by atoms with Crippen LogP contribution in [0.2, 0.25) is 4.34 Å². The predicted molar refractivity (Wildman–Crippen MR) is 92.4 cm³/mol. The second-order valence-corrected chi connectivity index (χ2v) is 9.11. The van der Waals surface area contributed by atoms with Crippen molar-refractivity contribution < 1.29 is 0 Å². The SMILES string of the molecule is CC(C)C1CNC(C)(C2CC2)CN1CCc1ccc(Cl)s1. The maximum Gasteiger partial charge on any atom is 0.0931 e. The molecule has 1 aromatic rings. The van der Waals surface area contributed by atoms with Gasteiger partial charge >= 0.3 is 0 Å². The molecule has 3 rings (SSSR count). The Hall–Kier alpha value is -0.0900. The molecule has 0 aromatic carbocycles. The monoisotopic (exact) mass is 326 g/mol. The summed E-state index contributed by atoms with van der Waals surface area (Å²) in [5.74, 6) is 1.59. The number of nitrogens with one attached hydrogen (secondary N) is 1. The molecule has 2 fully saturated rings. The van der Waals surface area contributed by atoms with E-state index in [1.54, 1.807) is 11.3 Å². The van der Waals surface area contributed by atoms with Gasteiger partial charge < -0.3 is 5.32 Å². The number of hydrogen-bond acceptors (Lipinski definition) is 3. The third-order valence-electron chi connectivity index (χ3n) is 5.24. The first-order valence-corrected chi connectivity index (χ1v) is 9.41. The van der Waals surface area contributed by atoms with Gasteiger partial charge in [-0.25, -0.2) is 0 Å². The molecule has 2 unspecified atom stereocenters. The van der Waals surface area contributed by atoms with Gasteiger partial charge in [-0.3, -0.25) is 4.90 Å². The molecular formula is C17H27ClN2S. The van der Waals surface area contributed by atoms with Gasteiger partial charge in [-0.05, 0) is 50.2 Å². The van der Waals surface area contributed by atoms with E-state index >= 15 is 0 Å². The van der Waals surface area contributed by atoms with Crippen LogP contribution in [0.25, 0.3) is 0 Å². The molecule has 0 amide bonds. The van der Waals surface area contributed by atoms with Crippen molar-refractivity contribution in [2.45, 2.75) is 51.6 Å². The molecule has 1 saturated carbocycles. The molecule has 1 N–H and O–H groups in total. The van der Waals surface area contributed by atoms with Crippen molar-refractivity contribution in [2.75, 3.05) is 19.6 Å². The smallest absolute Gasteiger partial charge is 0.0931 e. The van der Waals surface area contributed by atoms with Crippen LogP contribution in [0.5, 0.6) is 0 Å². The van der Waals surface area contributed by atoms with Crippen LogP contribution in [0.1, 0.15) is 38.5 Å². The highest BCUT2D eigenvalue weighted by Crippen LogP contribution is 2.41. The van der Waals surface area contributed by atoms with E-state index in [2.05, 4.69) is 37.1 Å². The van der Waals surface area contributed by atoms with Gasteiger partial charge in [0.25, 0.3) is 0 Å². The second kappa shape index (κ2) is 6.19. The molecule has 0 bridgehead atoms. The van der Waals surface area contributed by atoms with Crippen molar-refractivity contribution >= 4 is 22.9 Å². The Labute approximate surface area is 137 Å². The van der Waals surface area contributed by atoms with Crippen LogP contribution < -0.4 is 5.32 Å². The third-order valence-corrected chi connectivity index (χ3v) is 6.53. The van der Waals surface area contributed by atoms with Crippen molar-refractivity contribution in [3.8, 4) is 0 Å². The number of hydrogen-bond donors (Lipinski definition) is 1. The van der Waals surface area contributed by atoms with Gasteiger partial charge in [-0.15, -0.1) is 11.3 Å². The highest BCUT2D eigenvalue weighted by molar-refractivity contribution is 7.16. The minimum absolute atomic E-state index is 0.332. The molecule has 2 aliphatic rings. The summed E-state index contributed by atoms with van der Waals surface area (Å²) >= 11 is 7.78. The fraction of sp³-hybridized carbons (Fsp3) is 0.765. The van der Waals surface area contributed by atoms with Crippen molar-refractivity contribution in [2.24, 2.45) is 11.8 Å². The molecule has 0 spiro atoms. The van der Waals surface area contributed by atoms with Crippen molar-refractivity contribution in [1.29, 1.82) is 0 Å². The zero-order chi connectivity index (χ0) is 15.0. The van der Waals surface area contributed by atoms with Crippen LogP contribution in [0.3, 0.4) is 0 Å². The Bertz CT molecular complexity index is 483. The Kier molecular flexibility index (Phi) is 4.66. The number of rotatable bonds is 5. The van der Waals surface area contributed by atoms with Crippen LogP contribution in [0, 0.1) is 11.8 Å². The van der Waals surface area contributed by atoms with E-state index in [0.717, 1.165) is 29.8 Å². The van der Waals surface area contributed by atoms with Crippen molar-refractivity contribution in [1.82, 2.24) is 10.2 Å². The summed E-state index contributed by atoms with van der Waals surface area (Å²) in [6.45, 7) is 10.6. The zero-order valence-electron chi connectivity index (χ0n) is 13.4. The minimum Gasteiger partial charge on any atom is -0.308 e. The largest absolute Gasteiger partial charge is 0.308 e. The molecule has 1 aliphatic carbocycles. The Morgan fingerprint density at radius 1 is 1.43 bits per heavy atom. The summed E-state index contributed by atoms with van der Waals surface area (Å²) in [6, 6.07) is 4.86. The highest BCUT2D eigenvalue weighted by Gasteiger charge is 2.46. The molecule has 4 heteroatoms. The maximum atomic E-state index is 6.05. The Morgan fingerprint density at radius 3 is 2.76 bits per heavy atom. The molecule has 1 saturated heterocycles. The quantitative estimate of drug-likeness (QED) is 0.878. The summed E-state index contributed by atoms with van der Waals surface area (Å²) in [6.07, 6.45) is 3.94. The predicted octanol–water partition coefficient (Wildman–Crippen LogP) is 4.04. The number of halogens is 1. The van der Waals surface area contributed by atoms with Crippen LogP contribution >= 0.6 is 22.9 Å². The Balaban J connectivity index is 1.65. The van der Waals surface area contributed by atoms with E-state index in [9.17, 15) is 0 Å². The molecule has 2 atom stereocenters. The van der Waals surface area contributed by atoms with E-state index in [4.69, 9.17) is 11.6 Å². The van der Waals surface area contributed by atoms with Gasteiger partial charge in [0.2, 0.25) is 0 Å². The average Bonchev–Trinajstić information content (AvgIpc) is 3.21. The molecule has 1 aromatic heterocycles. The second-order valence-electron chi connectivity index (χ2n) is 7.31. The fourth-order valence-electron chi connectivity index (χ4n) is 3.70. The lowest BCUT2D eigenvalue weighted by Gasteiger charge is -2.48. The standard InChI is InChI=1S/C17H27ClN2S/c1-12(2)15-10-19-17(3,13-4-5-13)11-20(15)9-8-14-6-7-16(18)21-14/h6-7,12-13,15,19H,4-5,8-11H2,1-3H3. The first kappa shape index (κ1) is 15.8. The van der Waals surface area contributed by atoms with Gasteiger partial charge in [-0.2, -0.15) is 0 Å². The van der Waals surface area contributed by atoms with E-state index in [1.807, 2.05) is 6.07 Å². The summed E-state index contributed by atoms with van der Waals surface area (Å²) in [5, 5.41) is 3.86. The highest BCUT2D eigenvalue weighted by atomic mass is 35.5. The third kappa shape index (κ3) is 3.64. The first-order valence-electron chi connectivity index (χ1n) is 8.21. The molecule has 118 valence electrons. The molecule has 2 heterocycles. The average molecular weight is 327 g/mol. The van der Waals surface area contributed by atoms with Gasteiger partial charge in [0, 0.05) is 36.1 Å². The topological polar surface area (TPSA) is 15.3 Å². The van der Waals surface area contributed by atoms with Gasteiger partial charge in [-0.1, -0.05) is 25.4 Å². The fourth-order valence-corrected chi connectivity index (χ4v) is 4.77. The van der Waals surface area contributed by atoms with Gasteiger partial charge in [0.1, 0.15) is 0 Å². The van der Waals surface area contributed by atoms with Crippen molar-refractivity contribution in [3.05, 3.63) is 21.3 Å². The van der Waals surface area contributed by atoms with E-state index in [-0.39, 0.29) is 0 Å². The van der Waals surface area contributed by atoms with Crippen LogP contribution in [0.15, 0.2) is 12.1 Å². The molecule has 1 aliphatic heterocycles. The van der Waals surface area contributed by atoms with E-state index in [0.29, 0.717) is 17.5 Å². The number of piperazine rings is 1. The lowest BCUT2D eigenvalue weighted by Crippen LogP contribution is -2.65. The minimum atomic E-state index is 0.332. The van der Waals surface area contributed by atoms with E-state index < -0.39 is 0 Å². The lowest BCUT2D eigenvalue weighted by molar-refractivity contribution is 0.0536.